The molecule has 1 aliphatic carbocycles. The largest absolute Gasteiger partial charge is 0.495 e. The van der Waals surface area contributed by atoms with Crippen molar-refractivity contribution in [2.75, 3.05) is 13.7 Å². The zero-order valence-electron chi connectivity index (χ0n) is 13.1. The van der Waals surface area contributed by atoms with Crippen molar-refractivity contribution in [3.63, 3.8) is 0 Å². The van der Waals surface area contributed by atoms with Crippen LogP contribution in [0.2, 0.25) is 0 Å². The van der Waals surface area contributed by atoms with Gasteiger partial charge in [0.05, 0.1) is 13.2 Å². The number of carbonyl (C=O) groups is 2. The molecule has 2 N–H and O–H groups in total. The van der Waals surface area contributed by atoms with Gasteiger partial charge < -0.3 is 19.9 Å². The Labute approximate surface area is 133 Å². The first kappa shape index (κ1) is 16.8. The van der Waals surface area contributed by atoms with E-state index in [-0.39, 0.29) is 12.5 Å². The van der Waals surface area contributed by atoms with Crippen molar-refractivity contribution >= 4 is 23.2 Å². The number of hydrogen-bond donors (Lipinski definition) is 2. The summed E-state index contributed by atoms with van der Waals surface area (Å²) in [7, 11) is 1.48. The summed E-state index contributed by atoms with van der Waals surface area (Å²) in [5, 5.41) is 14.1. The lowest BCUT2D eigenvalue weighted by molar-refractivity contribution is -0.190. The Balaban J connectivity index is 2.24. The molecule has 0 spiro atoms. The molecule has 0 saturated heterocycles. The highest BCUT2D eigenvalue weighted by molar-refractivity contribution is 7.12. The lowest BCUT2D eigenvalue weighted by atomic mass is 9.54. The minimum absolute atomic E-state index is 0.195. The van der Waals surface area contributed by atoms with Gasteiger partial charge in [0.25, 0.3) is 5.91 Å². The second-order valence-corrected chi connectivity index (χ2v) is 6.77. The fourth-order valence-corrected chi connectivity index (χ4v) is 3.66. The predicted octanol–water partition coefficient (Wildman–Crippen LogP) is 2.14. The number of carbonyl (C=O) groups excluding carboxylic acids is 1. The lowest BCUT2D eigenvalue weighted by Crippen LogP contribution is -2.76. The maximum Gasteiger partial charge on any atom is 0.330 e. The number of carboxylic acid groups (broad SMARTS) is 1. The van der Waals surface area contributed by atoms with Gasteiger partial charge in [-0.05, 0) is 18.4 Å². The van der Waals surface area contributed by atoms with Gasteiger partial charge in [0.1, 0.15) is 16.2 Å². The van der Waals surface area contributed by atoms with Crippen LogP contribution in [0.3, 0.4) is 0 Å². The number of rotatable bonds is 6. The van der Waals surface area contributed by atoms with Crippen LogP contribution >= 0.6 is 11.3 Å². The smallest absolute Gasteiger partial charge is 0.330 e. The van der Waals surface area contributed by atoms with Crippen molar-refractivity contribution in [2.24, 2.45) is 5.41 Å². The lowest BCUT2D eigenvalue weighted by Gasteiger charge is -2.58. The SMILES string of the molecule is CCOC1CC(NC(=O)c2sccc2OC)(C(=O)O)C1(C)C. The average molecular weight is 327 g/mol. The summed E-state index contributed by atoms with van der Waals surface area (Å²) in [6, 6.07) is 1.68. The third-order valence-electron chi connectivity index (χ3n) is 4.51. The summed E-state index contributed by atoms with van der Waals surface area (Å²) in [5.41, 5.74) is -2.03. The van der Waals surface area contributed by atoms with Crippen LogP contribution in [0.1, 0.15) is 36.9 Å². The number of hydrogen-bond acceptors (Lipinski definition) is 5. The minimum atomic E-state index is -1.33. The van der Waals surface area contributed by atoms with E-state index in [9.17, 15) is 14.7 Å². The second kappa shape index (κ2) is 5.89. The second-order valence-electron chi connectivity index (χ2n) is 5.85. The third kappa shape index (κ3) is 2.38. The van der Waals surface area contributed by atoms with Crippen molar-refractivity contribution in [1.82, 2.24) is 5.32 Å². The quantitative estimate of drug-likeness (QED) is 0.836. The summed E-state index contributed by atoms with van der Waals surface area (Å²) in [4.78, 5) is 24.7. The van der Waals surface area contributed by atoms with Gasteiger partial charge in [0, 0.05) is 18.4 Å². The van der Waals surface area contributed by atoms with E-state index in [2.05, 4.69) is 5.32 Å². The minimum Gasteiger partial charge on any atom is -0.495 e. The third-order valence-corrected chi connectivity index (χ3v) is 5.41. The molecule has 2 rings (SSSR count). The maximum absolute atomic E-state index is 12.5. The number of aliphatic carboxylic acids is 1. The molecule has 22 heavy (non-hydrogen) atoms. The Morgan fingerprint density at radius 3 is 2.68 bits per heavy atom. The van der Waals surface area contributed by atoms with Crippen LogP contribution in [0.15, 0.2) is 11.4 Å². The van der Waals surface area contributed by atoms with Crippen LogP contribution in [-0.2, 0) is 9.53 Å². The van der Waals surface area contributed by atoms with E-state index in [1.54, 1.807) is 25.3 Å². The Morgan fingerprint density at radius 1 is 1.50 bits per heavy atom. The van der Waals surface area contributed by atoms with E-state index in [4.69, 9.17) is 9.47 Å². The van der Waals surface area contributed by atoms with Crippen molar-refractivity contribution in [2.45, 2.75) is 38.8 Å². The molecule has 2 atom stereocenters. The van der Waals surface area contributed by atoms with Crippen LogP contribution in [0.5, 0.6) is 5.75 Å². The Hall–Kier alpha value is -1.60. The molecule has 1 aromatic rings. The van der Waals surface area contributed by atoms with E-state index < -0.39 is 22.8 Å². The van der Waals surface area contributed by atoms with Crippen LogP contribution in [0, 0.1) is 5.41 Å². The normalized spacial score (nSPS) is 26.1. The van der Waals surface area contributed by atoms with Gasteiger partial charge in [-0.1, -0.05) is 13.8 Å². The molecule has 1 amide bonds. The van der Waals surface area contributed by atoms with E-state index in [1.165, 1.54) is 18.4 Å². The number of carboxylic acids is 1. The van der Waals surface area contributed by atoms with Gasteiger partial charge in [-0.25, -0.2) is 4.79 Å². The topological polar surface area (TPSA) is 84.9 Å². The average Bonchev–Trinajstić information content (AvgIpc) is 2.93. The monoisotopic (exact) mass is 327 g/mol. The standard InChI is InChI=1S/C15H21NO5S/c1-5-21-10-8-15(13(18)19,14(10,2)3)16-12(17)11-9(20-4)6-7-22-11/h6-7,10H,5,8H2,1-4H3,(H,16,17)(H,18,19). The fourth-order valence-electron chi connectivity index (χ4n) is 2.91. The van der Waals surface area contributed by atoms with Crippen LogP contribution in [0.4, 0.5) is 0 Å². The molecule has 1 heterocycles. The van der Waals surface area contributed by atoms with Gasteiger partial charge in [-0.15, -0.1) is 11.3 Å². The van der Waals surface area contributed by atoms with Gasteiger partial charge in [0.2, 0.25) is 0 Å². The molecule has 1 saturated carbocycles. The molecule has 1 aromatic heterocycles. The van der Waals surface area contributed by atoms with E-state index >= 15 is 0 Å². The Bertz CT molecular complexity index is 582. The van der Waals surface area contributed by atoms with Crippen LogP contribution in [0.25, 0.3) is 0 Å². The number of amides is 1. The number of nitrogens with one attached hydrogen (secondary N) is 1. The van der Waals surface area contributed by atoms with Crippen molar-refractivity contribution in [1.29, 1.82) is 0 Å². The molecule has 1 fully saturated rings. The number of methoxy groups -OCH3 is 1. The van der Waals surface area contributed by atoms with Crippen LogP contribution < -0.4 is 10.1 Å². The Kier molecular flexibility index (Phi) is 4.49. The van der Waals surface area contributed by atoms with Gasteiger partial charge in [-0.3, -0.25) is 4.79 Å². The van der Waals surface area contributed by atoms with Crippen molar-refractivity contribution in [3.05, 3.63) is 16.3 Å². The molecular formula is C15H21NO5S. The first-order valence-electron chi connectivity index (χ1n) is 7.09. The molecule has 122 valence electrons. The first-order chi connectivity index (χ1) is 10.3. The van der Waals surface area contributed by atoms with Gasteiger partial charge in [0.15, 0.2) is 0 Å². The van der Waals surface area contributed by atoms with E-state index in [1.807, 2.05) is 6.92 Å². The molecule has 0 radical (unpaired) electrons. The van der Waals surface area contributed by atoms with E-state index in [0.717, 1.165) is 0 Å². The van der Waals surface area contributed by atoms with Crippen molar-refractivity contribution in [3.8, 4) is 5.75 Å². The fraction of sp³-hybridized carbons (Fsp3) is 0.600. The van der Waals surface area contributed by atoms with Gasteiger partial charge in [-0.2, -0.15) is 0 Å². The highest BCUT2D eigenvalue weighted by atomic mass is 32.1. The summed E-state index contributed by atoms with van der Waals surface area (Å²) >= 11 is 1.22. The molecule has 2 unspecified atom stereocenters. The summed E-state index contributed by atoms with van der Waals surface area (Å²) in [6.07, 6.45) is 0.0573. The molecule has 0 bridgehead atoms. The number of ether oxygens (including phenoxy) is 2. The summed E-state index contributed by atoms with van der Waals surface area (Å²) in [5.74, 6) is -1.03. The molecule has 1 aliphatic rings. The van der Waals surface area contributed by atoms with E-state index in [0.29, 0.717) is 17.2 Å². The highest BCUT2D eigenvalue weighted by Gasteiger charge is 2.66. The Morgan fingerprint density at radius 2 is 2.18 bits per heavy atom. The summed E-state index contributed by atoms with van der Waals surface area (Å²) < 4.78 is 10.7. The molecule has 0 aromatic carbocycles. The first-order valence-corrected chi connectivity index (χ1v) is 7.97. The molecule has 6 nitrogen and oxygen atoms in total. The molecule has 0 aliphatic heterocycles. The van der Waals surface area contributed by atoms with Gasteiger partial charge >= 0.3 is 5.97 Å². The van der Waals surface area contributed by atoms with Crippen LogP contribution in [-0.4, -0.2) is 42.3 Å². The summed E-state index contributed by atoms with van der Waals surface area (Å²) in [6.45, 7) is 5.98. The van der Waals surface area contributed by atoms with Crippen molar-refractivity contribution < 1.29 is 24.2 Å². The molecular weight excluding hydrogens is 306 g/mol. The zero-order chi connectivity index (χ0) is 16.5. The number of thiophene rings is 1. The molecule has 7 heteroatoms. The predicted molar refractivity (Wildman–Crippen MR) is 82.5 cm³/mol. The zero-order valence-corrected chi connectivity index (χ0v) is 14.0. The maximum atomic E-state index is 12.5. The highest BCUT2D eigenvalue weighted by Crippen LogP contribution is 2.51.